The van der Waals surface area contributed by atoms with Crippen LogP contribution in [-0.4, -0.2) is 22.8 Å². The summed E-state index contributed by atoms with van der Waals surface area (Å²) in [6, 6.07) is 7.57. The molecule has 0 unspecified atom stereocenters. The molecule has 1 aromatic carbocycles. The van der Waals surface area contributed by atoms with Crippen molar-refractivity contribution in [1.29, 1.82) is 0 Å². The Morgan fingerprint density at radius 3 is 2.41 bits per heavy atom. The van der Waals surface area contributed by atoms with E-state index in [1.165, 1.54) is 0 Å². The average molecular weight is 225 g/mol. The van der Waals surface area contributed by atoms with Gasteiger partial charge in [0.2, 0.25) is 0 Å². The lowest BCUT2D eigenvalue weighted by Gasteiger charge is -2.15. The molecule has 4 nitrogen and oxygen atoms in total. The van der Waals surface area contributed by atoms with Crippen LogP contribution in [0.25, 0.3) is 16.7 Å². The summed E-state index contributed by atoms with van der Waals surface area (Å²) in [5.41, 5.74) is 3.56. The first-order valence-electron chi connectivity index (χ1n) is 5.48. The van der Waals surface area contributed by atoms with E-state index in [4.69, 9.17) is 0 Å². The fourth-order valence-electron chi connectivity index (χ4n) is 1.99. The van der Waals surface area contributed by atoms with E-state index in [0.717, 1.165) is 16.7 Å². The Hall–Kier alpha value is -2.23. The molecule has 0 spiro atoms. The Morgan fingerprint density at radius 1 is 1.12 bits per heavy atom. The van der Waals surface area contributed by atoms with Gasteiger partial charge in [0.25, 0.3) is 0 Å². The molecule has 0 amide bonds. The molecule has 84 valence electrons. The standard InChI is InChI=1S/C13H11N3O/c1-14-10-6-7-11(17)13-12(10)15-8-4-2-3-5-9(8)16-13/h2-6,14H,7H2,1H3. The number of benzene rings is 1. The van der Waals surface area contributed by atoms with Crippen molar-refractivity contribution in [1.82, 2.24) is 15.3 Å². The second kappa shape index (κ2) is 3.66. The summed E-state index contributed by atoms with van der Waals surface area (Å²) < 4.78 is 0. The summed E-state index contributed by atoms with van der Waals surface area (Å²) in [6.07, 6.45) is 2.24. The van der Waals surface area contributed by atoms with E-state index in [1.54, 1.807) is 0 Å². The van der Waals surface area contributed by atoms with Crippen molar-refractivity contribution in [3.8, 4) is 0 Å². The van der Waals surface area contributed by atoms with Crippen LogP contribution in [0.2, 0.25) is 0 Å². The van der Waals surface area contributed by atoms with Crippen molar-refractivity contribution >= 4 is 22.5 Å². The number of ketones is 1. The van der Waals surface area contributed by atoms with Crippen molar-refractivity contribution < 1.29 is 4.79 Å². The highest BCUT2D eigenvalue weighted by Crippen LogP contribution is 2.23. The topological polar surface area (TPSA) is 54.9 Å². The van der Waals surface area contributed by atoms with Gasteiger partial charge in [0.15, 0.2) is 5.78 Å². The molecule has 0 atom stereocenters. The van der Waals surface area contributed by atoms with Gasteiger partial charge in [-0.15, -0.1) is 0 Å². The fraction of sp³-hybridized carbons (Fsp3) is 0.154. The summed E-state index contributed by atoms with van der Waals surface area (Å²) in [5, 5.41) is 3.05. The van der Waals surface area contributed by atoms with Crippen LogP contribution in [0.1, 0.15) is 22.6 Å². The third-order valence-electron chi connectivity index (χ3n) is 2.85. The molecule has 0 saturated heterocycles. The van der Waals surface area contributed by atoms with E-state index in [2.05, 4.69) is 15.3 Å². The quantitative estimate of drug-likeness (QED) is 0.803. The summed E-state index contributed by atoms with van der Waals surface area (Å²) in [4.78, 5) is 20.7. The molecule has 1 aliphatic rings. The van der Waals surface area contributed by atoms with Gasteiger partial charge in [-0.1, -0.05) is 18.2 Å². The number of para-hydroxylation sites is 2. The fourth-order valence-corrected chi connectivity index (χ4v) is 1.99. The average Bonchev–Trinajstić information content (AvgIpc) is 2.38. The van der Waals surface area contributed by atoms with Gasteiger partial charge in [-0.3, -0.25) is 4.79 Å². The van der Waals surface area contributed by atoms with Gasteiger partial charge in [-0.2, -0.15) is 0 Å². The zero-order valence-electron chi connectivity index (χ0n) is 9.40. The third-order valence-corrected chi connectivity index (χ3v) is 2.85. The molecular formula is C13H11N3O. The van der Waals surface area contributed by atoms with E-state index < -0.39 is 0 Å². The number of nitrogens with zero attached hydrogens (tertiary/aromatic N) is 2. The Labute approximate surface area is 98.4 Å². The maximum atomic E-state index is 11.8. The summed E-state index contributed by atoms with van der Waals surface area (Å²) >= 11 is 0. The van der Waals surface area contributed by atoms with Crippen LogP contribution in [0, 0.1) is 0 Å². The van der Waals surface area contributed by atoms with Crippen molar-refractivity contribution in [2.24, 2.45) is 0 Å². The number of aromatic nitrogens is 2. The predicted molar refractivity (Wildman–Crippen MR) is 65.5 cm³/mol. The number of nitrogens with one attached hydrogen (secondary N) is 1. The highest BCUT2D eigenvalue weighted by atomic mass is 16.1. The van der Waals surface area contributed by atoms with Gasteiger partial charge in [0.05, 0.1) is 16.7 Å². The first kappa shape index (κ1) is 9.96. The van der Waals surface area contributed by atoms with Gasteiger partial charge < -0.3 is 5.32 Å². The van der Waals surface area contributed by atoms with Gasteiger partial charge in [0.1, 0.15) is 11.4 Å². The Kier molecular flexibility index (Phi) is 2.14. The summed E-state index contributed by atoms with van der Waals surface area (Å²) in [6.45, 7) is 0. The number of allylic oxidation sites excluding steroid dienone is 1. The van der Waals surface area contributed by atoms with Crippen LogP contribution in [0.15, 0.2) is 30.3 Å². The van der Waals surface area contributed by atoms with Crippen molar-refractivity contribution in [2.75, 3.05) is 7.05 Å². The summed E-state index contributed by atoms with van der Waals surface area (Å²) in [7, 11) is 1.82. The van der Waals surface area contributed by atoms with E-state index in [1.807, 2.05) is 37.4 Å². The number of hydrogen-bond donors (Lipinski definition) is 1. The maximum absolute atomic E-state index is 11.8. The molecule has 1 N–H and O–H groups in total. The Balaban J connectivity index is 2.33. The minimum Gasteiger partial charge on any atom is -0.387 e. The molecule has 1 aromatic heterocycles. The summed E-state index contributed by atoms with van der Waals surface area (Å²) in [5.74, 6) is 0.0252. The van der Waals surface area contributed by atoms with Gasteiger partial charge >= 0.3 is 0 Å². The monoisotopic (exact) mass is 225 g/mol. The second-order valence-corrected chi connectivity index (χ2v) is 3.90. The number of hydrogen-bond acceptors (Lipinski definition) is 4. The van der Waals surface area contributed by atoms with Gasteiger partial charge in [-0.25, -0.2) is 9.97 Å². The van der Waals surface area contributed by atoms with E-state index in [0.29, 0.717) is 17.8 Å². The molecule has 0 bridgehead atoms. The SMILES string of the molecule is CNC1=CCC(=O)c2nc3ccccc3nc21. The normalized spacial score (nSPS) is 14.4. The van der Waals surface area contributed by atoms with Crippen LogP contribution < -0.4 is 5.32 Å². The maximum Gasteiger partial charge on any atom is 0.187 e. The van der Waals surface area contributed by atoms with Crippen molar-refractivity contribution in [2.45, 2.75) is 6.42 Å². The van der Waals surface area contributed by atoms with Crippen LogP contribution in [-0.2, 0) is 0 Å². The molecule has 3 rings (SSSR count). The van der Waals surface area contributed by atoms with Crippen LogP contribution >= 0.6 is 0 Å². The largest absolute Gasteiger partial charge is 0.387 e. The first-order chi connectivity index (χ1) is 8.29. The highest BCUT2D eigenvalue weighted by molar-refractivity contribution is 6.03. The molecule has 17 heavy (non-hydrogen) atoms. The van der Waals surface area contributed by atoms with E-state index >= 15 is 0 Å². The number of rotatable bonds is 1. The smallest absolute Gasteiger partial charge is 0.187 e. The molecule has 0 aliphatic heterocycles. The van der Waals surface area contributed by atoms with Crippen molar-refractivity contribution in [3.05, 3.63) is 41.7 Å². The van der Waals surface area contributed by atoms with Gasteiger partial charge in [0, 0.05) is 13.5 Å². The lowest BCUT2D eigenvalue weighted by Crippen LogP contribution is -2.18. The van der Waals surface area contributed by atoms with Crippen LogP contribution in [0.3, 0.4) is 0 Å². The molecule has 2 aromatic rings. The third kappa shape index (κ3) is 1.49. The van der Waals surface area contributed by atoms with Crippen LogP contribution in [0.4, 0.5) is 0 Å². The van der Waals surface area contributed by atoms with E-state index in [9.17, 15) is 4.79 Å². The number of fused-ring (bicyclic) bond motifs is 2. The number of Topliss-reactive ketones (excluding diaryl/α,β-unsaturated/α-hetero) is 1. The van der Waals surface area contributed by atoms with Crippen LogP contribution in [0.5, 0.6) is 0 Å². The zero-order chi connectivity index (χ0) is 11.8. The molecule has 1 aliphatic carbocycles. The lowest BCUT2D eigenvalue weighted by molar-refractivity contribution is 0.0989. The zero-order valence-corrected chi connectivity index (χ0v) is 9.40. The first-order valence-corrected chi connectivity index (χ1v) is 5.48. The number of carbonyl (C=O) groups excluding carboxylic acids is 1. The molecule has 0 fully saturated rings. The lowest BCUT2D eigenvalue weighted by atomic mass is 10.0. The minimum atomic E-state index is 0.0252. The molecule has 0 saturated carbocycles. The number of carbonyl (C=O) groups is 1. The predicted octanol–water partition coefficient (Wildman–Crippen LogP) is 1.78. The minimum absolute atomic E-state index is 0.0252. The highest BCUT2D eigenvalue weighted by Gasteiger charge is 2.22. The van der Waals surface area contributed by atoms with Gasteiger partial charge in [-0.05, 0) is 12.1 Å². The molecule has 4 heteroatoms. The second-order valence-electron chi connectivity index (χ2n) is 3.90. The molecular weight excluding hydrogens is 214 g/mol. The molecule has 1 heterocycles. The Bertz CT molecular complexity index is 646. The van der Waals surface area contributed by atoms with E-state index in [-0.39, 0.29) is 5.78 Å². The Morgan fingerprint density at radius 2 is 1.76 bits per heavy atom. The van der Waals surface area contributed by atoms with Crippen molar-refractivity contribution in [3.63, 3.8) is 0 Å². The molecule has 0 radical (unpaired) electrons.